The maximum Gasteiger partial charge on any atom is 0.214 e. The van der Waals surface area contributed by atoms with Gasteiger partial charge in [-0.05, 0) is 42.4 Å². The van der Waals surface area contributed by atoms with E-state index in [9.17, 15) is 0 Å². The Labute approximate surface area is 81.3 Å². The first-order valence-electron chi connectivity index (χ1n) is 5.49. The first kappa shape index (κ1) is 9.06. The summed E-state index contributed by atoms with van der Waals surface area (Å²) in [6, 6.07) is 0. The summed E-state index contributed by atoms with van der Waals surface area (Å²) < 4.78 is 0. The van der Waals surface area contributed by atoms with Crippen molar-refractivity contribution in [2.75, 3.05) is 6.54 Å². The van der Waals surface area contributed by atoms with Crippen molar-refractivity contribution in [1.29, 1.82) is 0 Å². The molecule has 0 aromatic heterocycles. The monoisotopic (exact) mass is 177 g/mol. The number of rotatable bonds is 2. The fourth-order valence-corrected chi connectivity index (χ4v) is 3.54. The van der Waals surface area contributed by atoms with Gasteiger partial charge in [0.1, 0.15) is 0 Å². The van der Waals surface area contributed by atoms with Gasteiger partial charge in [0.15, 0.2) is 0 Å². The molecule has 3 saturated carbocycles. The normalized spacial score (nSPS) is 40.5. The van der Waals surface area contributed by atoms with Gasteiger partial charge >= 0.3 is 0 Å². The predicted molar refractivity (Wildman–Crippen MR) is 54.2 cm³/mol. The van der Waals surface area contributed by atoms with Crippen LogP contribution >= 0.6 is 0 Å². The van der Waals surface area contributed by atoms with Gasteiger partial charge in [0.2, 0.25) is 6.54 Å². The van der Waals surface area contributed by atoms with E-state index < -0.39 is 0 Å². The molecule has 3 aliphatic rings. The predicted octanol–water partition coefficient (Wildman–Crippen LogP) is 3.37. The zero-order chi connectivity index (χ0) is 9.47. The minimum Gasteiger partial charge on any atom is -0.317 e. The van der Waals surface area contributed by atoms with Gasteiger partial charge in [-0.25, -0.2) is 6.57 Å². The third-order valence-electron chi connectivity index (χ3n) is 4.61. The van der Waals surface area contributed by atoms with Gasteiger partial charge in [0.05, 0.1) is 0 Å². The lowest BCUT2D eigenvalue weighted by Crippen LogP contribution is -2.52. The molecule has 3 rings (SSSR count). The molecule has 3 fully saturated rings. The van der Waals surface area contributed by atoms with Crippen LogP contribution in [0.4, 0.5) is 0 Å². The van der Waals surface area contributed by atoms with Crippen molar-refractivity contribution in [3.05, 3.63) is 11.4 Å². The zero-order valence-electron chi connectivity index (χ0n) is 8.71. The van der Waals surface area contributed by atoms with E-state index in [1.54, 1.807) is 0 Å². The molecule has 0 N–H and O–H groups in total. The highest BCUT2D eigenvalue weighted by Crippen LogP contribution is 2.61. The van der Waals surface area contributed by atoms with E-state index in [2.05, 4.69) is 18.7 Å². The minimum atomic E-state index is 0.602. The molecule has 1 heteroatoms. The Morgan fingerprint density at radius 1 is 1.38 bits per heavy atom. The second kappa shape index (κ2) is 3.01. The number of nitrogens with zero attached hydrogens (tertiary/aromatic N) is 1. The highest BCUT2D eigenvalue weighted by molar-refractivity contribution is 5.03. The Kier molecular flexibility index (Phi) is 2.10. The van der Waals surface area contributed by atoms with Gasteiger partial charge in [0.25, 0.3) is 0 Å². The van der Waals surface area contributed by atoms with E-state index in [1.165, 1.54) is 19.3 Å². The van der Waals surface area contributed by atoms with Crippen molar-refractivity contribution in [3.63, 3.8) is 0 Å². The third-order valence-corrected chi connectivity index (χ3v) is 4.61. The standard InChI is InChI=1S/C12H19N/c1-12(2)10-5-4-9(6-7-13-3)11(12)8-10/h9-11H,4-8H2,1-2H3. The molecule has 0 radical (unpaired) electrons. The molecule has 0 saturated heterocycles. The molecular weight excluding hydrogens is 158 g/mol. The number of fused-ring (bicyclic) bond motifs is 2. The largest absolute Gasteiger partial charge is 0.317 e. The Morgan fingerprint density at radius 3 is 2.69 bits per heavy atom. The van der Waals surface area contributed by atoms with Crippen LogP contribution in [0, 0.1) is 29.7 Å². The molecule has 3 atom stereocenters. The minimum absolute atomic E-state index is 0.602. The lowest BCUT2D eigenvalue weighted by Gasteiger charge is -2.60. The number of hydrogen-bond acceptors (Lipinski definition) is 0. The van der Waals surface area contributed by atoms with Gasteiger partial charge in [-0.15, -0.1) is 0 Å². The van der Waals surface area contributed by atoms with Crippen molar-refractivity contribution in [1.82, 2.24) is 0 Å². The second-order valence-electron chi connectivity index (χ2n) is 5.37. The molecule has 1 nitrogen and oxygen atoms in total. The van der Waals surface area contributed by atoms with E-state index in [0.717, 1.165) is 30.7 Å². The van der Waals surface area contributed by atoms with E-state index in [4.69, 9.17) is 6.57 Å². The molecule has 13 heavy (non-hydrogen) atoms. The lowest BCUT2D eigenvalue weighted by molar-refractivity contribution is -0.105. The van der Waals surface area contributed by atoms with Crippen LogP contribution in [0.3, 0.4) is 0 Å². The Bertz CT molecular complexity index is 234. The van der Waals surface area contributed by atoms with Crippen LogP contribution in [-0.2, 0) is 0 Å². The second-order valence-corrected chi connectivity index (χ2v) is 5.37. The van der Waals surface area contributed by atoms with Crippen LogP contribution in [0.15, 0.2) is 0 Å². The first-order chi connectivity index (χ1) is 6.16. The summed E-state index contributed by atoms with van der Waals surface area (Å²) in [6.45, 7) is 12.4. The molecule has 0 aliphatic heterocycles. The molecule has 3 aliphatic carbocycles. The summed E-state index contributed by atoms with van der Waals surface area (Å²) in [6.07, 6.45) is 5.43. The quantitative estimate of drug-likeness (QED) is 0.570. The molecular formula is C12H19N. The first-order valence-corrected chi connectivity index (χ1v) is 5.49. The summed E-state index contributed by atoms with van der Waals surface area (Å²) in [5.74, 6) is 2.81. The van der Waals surface area contributed by atoms with Gasteiger partial charge in [0, 0.05) is 6.42 Å². The smallest absolute Gasteiger partial charge is 0.214 e. The van der Waals surface area contributed by atoms with E-state index in [1.807, 2.05) is 0 Å². The van der Waals surface area contributed by atoms with Crippen molar-refractivity contribution in [2.45, 2.75) is 39.5 Å². The van der Waals surface area contributed by atoms with Crippen molar-refractivity contribution in [3.8, 4) is 0 Å². The maximum atomic E-state index is 6.82. The van der Waals surface area contributed by atoms with E-state index in [-0.39, 0.29) is 0 Å². The summed E-state index contributed by atoms with van der Waals surface area (Å²) in [5, 5.41) is 0. The van der Waals surface area contributed by atoms with Crippen LogP contribution in [0.2, 0.25) is 0 Å². The molecule has 72 valence electrons. The van der Waals surface area contributed by atoms with Crippen molar-refractivity contribution < 1.29 is 0 Å². The molecule has 0 spiro atoms. The third kappa shape index (κ3) is 1.27. The molecule has 0 amide bonds. The summed E-state index contributed by atoms with van der Waals surface area (Å²) in [5.41, 5.74) is 0.602. The Morgan fingerprint density at radius 2 is 2.15 bits per heavy atom. The van der Waals surface area contributed by atoms with Crippen LogP contribution < -0.4 is 0 Å². The van der Waals surface area contributed by atoms with Gasteiger partial charge in [-0.2, -0.15) is 0 Å². The zero-order valence-corrected chi connectivity index (χ0v) is 8.71. The Hall–Kier alpha value is -0.510. The summed E-state index contributed by atoms with van der Waals surface area (Å²) in [4.78, 5) is 3.48. The maximum absolute atomic E-state index is 6.82. The van der Waals surface area contributed by atoms with Gasteiger partial charge < -0.3 is 4.85 Å². The van der Waals surface area contributed by atoms with E-state index >= 15 is 0 Å². The summed E-state index contributed by atoms with van der Waals surface area (Å²) in [7, 11) is 0. The molecule has 0 aromatic rings. The molecule has 0 heterocycles. The van der Waals surface area contributed by atoms with E-state index in [0.29, 0.717) is 5.41 Å². The lowest BCUT2D eigenvalue weighted by atomic mass is 9.45. The van der Waals surface area contributed by atoms with Gasteiger partial charge in [-0.1, -0.05) is 13.8 Å². The van der Waals surface area contributed by atoms with Crippen molar-refractivity contribution in [2.24, 2.45) is 23.2 Å². The van der Waals surface area contributed by atoms with Gasteiger partial charge in [-0.3, -0.25) is 0 Å². The van der Waals surface area contributed by atoms with Crippen LogP contribution in [0.5, 0.6) is 0 Å². The molecule has 2 bridgehead atoms. The van der Waals surface area contributed by atoms with Crippen LogP contribution in [0.25, 0.3) is 4.85 Å². The fraction of sp³-hybridized carbons (Fsp3) is 0.917. The average molecular weight is 177 g/mol. The summed E-state index contributed by atoms with van der Waals surface area (Å²) >= 11 is 0. The van der Waals surface area contributed by atoms with Crippen molar-refractivity contribution >= 4 is 0 Å². The average Bonchev–Trinajstić information content (AvgIpc) is 2.14. The topological polar surface area (TPSA) is 4.36 Å². The highest BCUT2D eigenvalue weighted by Gasteiger charge is 2.53. The SMILES string of the molecule is [C-]#[N+]CCC1CCC2CC1C2(C)C. The van der Waals surface area contributed by atoms with Crippen LogP contribution in [0.1, 0.15) is 39.5 Å². The number of hydrogen-bond donors (Lipinski definition) is 0. The van der Waals surface area contributed by atoms with Crippen LogP contribution in [-0.4, -0.2) is 6.54 Å². The fourth-order valence-electron chi connectivity index (χ4n) is 3.54. The highest BCUT2D eigenvalue weighted by atomic mass is 14.6. The molecule has 0 aromatic carbocycles. The Balaban J connectivity index is 1.96. The molecule has 3 unspecified atom stereocenters.